The van der Waals surface area contributed by atoms with E-state index in [1.54, 1.807) is 12.1 Å². The molecule has 0 saturated carbocycles. The maximum atomic E-state index is 11.1. The van der Waals surface area contributed by atoms with E-state index in [0.717, 1.165) is 5.57 Å². The number of aromatic carboxylic acids is 1. The minimum Gasteiger partial charge on any atom is -0.478 e. The predicted octanol–water partition coefficient (Wildman–Crippen LogP) is 2.94. The van der Waals surface area contributed by atoms with Gasteiger partial charge in [-0.15, -0.1) is 12.6 Å². The van der Waals surface area contributed by atoms with Gasteiger partial charge in [-0.1, -0.05) is 18.7 Å². The van der Waals surface area contributed by atoms with Crippen molar-refractivity contribution in [3.05, 3.63) is 59.2 Å². The summed E-state index contributed by atoms with van der Waals surface area (Å²) in [4.78, 5) is 22.5. The number of allylic oxidation sites excluding steroid dienone is 2. The second-order valence-corrected chi connectivity index (χ2v) is 5.47. The van der Waals surface area contributed by atoms with Gasteiger partial charge in [-0.25, -0.2) is 9.59 Å². The van der Waals surface area contributed by atoms with E-state index in [9.17, 15) is 9.59 Å². The molecule has 0 aromatic heterocycles. The lowest BCUT2D eigenvalue weighted by Crippen LogP contribution is -2.16. The van der Waals surface area contributed by atoms with Crippen LogP contribution in [0.5, 0.6) is 0 Å². The number of thiol groups is 2. The second kappa shape index (κ2) is 5.83. The molecular weight excluding hydrogens is 308 g/mol. The fourth-order valence-corrected chi connectivity index (χ4v) is 2.77. The summed E-state index contributed by atoms with van der Waals surface area (Å²) < 4.78 is 0. The highest BCUT2D eigenvalue weighted by molar-refractivity contribution is 7.81. The van der Waals surface area contributed by atoms with E-state index < -0.39 is 17.2 Å². The molecule has 0 radical (unpaired) electrons. The van der Waals surface area contributed by atoms with Gasteiger partial charge in [0.25, 0.3) is 0 Å². The number of benzene rings is 1. The molecule has 6 heteroatoms. The van der Waals surface area contributed by atoms with E-state index in [4.69, 9.17) is 10.2 Å². The molecule has 0 aliphatic heterocycles. The molecular formula is C15H12O4S2. The quantitative estimate of drug-likeness (QED) is 0.646. The Balaban J connectivity index is 2.50. The summed E-state index contributed by atoms with van der Waals surface area (Å²) >= 11 is 8.71. The van der Waals surface area contributed by atoms with Crippen LogP contribution in [-0.2, 0) is 4.79 Å². The normalized spacial score (nSPS) is 18.0. The van der Waals surface area contributed by atoms with Crippen LogP contribution in [0.4, 0.5) is 0 Å². The van der Waals surface area contributed by atoms with Gasteiger partial charge in [0.2, 0.25) is 0 Å². The van der Waals surface area contributed by atoms with Gasteiger partial charge in [0.05, 0.1) is 16.4 Å². The fraction of sp³-hybridized carbons (Fsp3) is 0.0667. The molecule has 1 aliphatic rings. The van der Waals surface area contributed by atoms with Gasteiger partial charge >= 0.3 is 11.9 Å². The molecule has 0 bridgehead atoms. The van der Waals surface area contributed by atoms with E-state index >= 15 is 0 Å². The summed E-state index contributed by atoms with van der Waals surface area (Å²) in [6.07, 6.45) is 3.11. The molecule has 1 unspecified atom stereocenters. The van der Waals surface area contributed by atoms with E-state index in [-0.39, 0.29) is 11.1 Å². The Morgan fingerprint density at radius 3 is 2.33 bits per heavy atom. The van der Waals surface area contributed by atoms with Crippen molar-refractivity contribution >= 4 is 42.8 Å². The lowest BCUT2D eigenvalue weighted by molar-refractivity contribution is -0.132. The van der Waals surface area contributed by atoms with Crippen molar-refractivity contribution in [2.75, 3.05) is 0 Å². The topological polar surface area (TPSA) is 74.6 Å². The zero-order chi connectivity index (χ0) is 15.7. The van der Waals surface area contributed by atoms with Gasteiger partial charge in [0.1, 0.15) is 0 Å². The number of carboxylic acids is 2. The Labute approximate surface area is 132 Å². The maximum absolute atomic E-state index is 11.1. The van der Waals surface area contributed by atoms with Crippen molar-refractivity contribution in [2.45, 2.75) is 10.1 Å². The van der Waals surface area contributed by atoms with E-state index in [1.807, 2.05) is 0 Å². The molecule has 2 rings (SSSR count). The van der Waals surface area contributed by atoms with Crippen LogP contribution in [0.25, 0.3) is 5.57 Å². The third-order valence-corrected chi connectivity index (χ3v) is 4.15. The Kier molecular flexibility index (Phi) is 4.29. The highest BCUT2D eigenvalue weighted by Gasteiger charge is 2.25. The summed E-state index contributed by atoms with van der Waals surface area (Å²) in [7, 11) is 0. The van der Waals surface area contributed by atoms with E-state index in [1.165, 1.54) is 18.2 Å². The van der Waals surface area contributed by atoms with Crippen LogP contribution in [0.1, 0.15) is 15.9 Å². The predicted molar refractivity (Wildman–Crippen MR) is 86.3 cm³/mol. The number of aliphatic carboxylic acids is 1. The molecule has 1 atom stereocenters. The molecule has 4 nitrogen and oxygen atoms in total. The number of carbonyl (C=O) groups is 2. The fourth-order valence-electron chi connectivity index (χ4n) is 2.06. The highest BCUT2D eigenvalue weighted by atomic mass is 32.1. The lowest BCUT2D eigenvalue weighted by atomic mass is 9.89. The Morgan fingerprint density at radius 2 is 1.81 bits per heavy atom. The monoisotopic (exact) mass is 320 g/mol. The number of hydrogen-bond donors (Lipinski definition) is 4. The van der Waals surface area contributed by atoms with Gasteiger partial charge < -0.3 is 10.2 Å². The summed E-state index contributed by atoms with van der Waals surface area (Å²) in [6, 6.07) is 4.55. The zero-order valence-electron chi connectivity index (χ0n) is 10.8. The van der Waals surface area contributed by atoms with Crippen molar-refractivity contribution in [3.63, 3.8) is 0 Å². The first-order valence-electron chi connectivity index (χ1n) is 5.92. The Hall–Kier alpha value is -1.92. The van der Waals surface area contributed by atoms with Gasteiger partial charge in [-0.3, -0.25) is 0 Å². The summed E-state index contributed by atoms with van der Waals surface area (Å²) in [5.74, 6) is -2.09. The molecule has 1 aliphatic carbocycles. The van der Waals surface area contributed by atoms with Crippen molar-refractivity contribution in [1.29, 1.82) is 0 Å². The molecule has 1 aromatic carbocycles. The number of rotatable bonds is 3. The smallest absolute Gasteiger partial charge is 0.335 e. The average molecular weight is 320 g/mol. The minimum atomic E-state index is -1.05. The van der Waals surface area contributed by atoms with E-state index in [2.05, 4.69) is 31.8 Å². The third kappa shape index (κ3) is 2.91. The van der Waals surface area contributed by atoms with Gasteiger partial charge in [0, 0.05) is 4.90 Å². The molecule has 21 heavy (non-hydrogen) atoms. The first-order valence-corrected chi connectivity index (χ1v) is 6.88. The van der Waals surface area contributed by atoms with E-state index in [0.29, 0.717) is 16.0 Å². The SMILES string of the molecule is C=C1C(C(=O)O)=CC=C(c2ccc(C(=O)O)cc2S)C1S. The summed E-state index contributed by atoms with van der Waals surface area (Å²) in [5.41, 5.74) is 2.07. The van der Waals surface area contributed by atoms with Crippen molar-refractivity contribution in [1.82, 2.24) is 0 Å². The standard InChI is InChI=1S/C15H12O4S2/c1-7-9(15(18)19)4-5-11(13(7)21)10-3-2-8(14(16)17)6-12(10)20/h2-6,13,20-21H,1H2,(H,16,17)(H,18,19). The Morgan fingerprint density at radius 1 is 1.14 bits per heavy atom. The van der Waals surface area contributed by atoms with Gasteiger partial charge in [-0.05, 0) is 34.9 Å². The van der Waals surface area contributed by atoms with Crippen LogP contribution in [-0.4, -0.2) is 27.4 Å². The van der Waals surface area contributed by atoms with Crippen LogP contribution in [0.3, 0.4) is 0 Å². The molecule has 108 valence electrons. The molecule has 0 saturated heterocycles. The van der Waals surface area contributed by atoms with Gasteiger partial charge in [-0.2, -0.15) is 12.6 Å². The number of carboxylic acid groups (broad SMARTS) is 2. The summed E-state index contributed by atoms with van der Waals surface area (Å²) in [6.45, 7) is 3.76. The molecule has 0 spiro atoms. The third-order valence-electron chi connectivity index (χ3n) is 3.19. The van der Waals surface area contributed by atoms with Crippen molar-refractivity contribution < 1.29 is 19.8 Å². The second-order valence-electron chi connectivity index (χ2n) is 4.47. The molecule has 2 N–H and O–H groups in total. The summed E-state index contributed by atoms with van der Waals surface area (Å²) in [5, 5.41) is 17.5. The zero-order valence-corrected chi connectivity index (χ0v) is 12.6. The van der Waals surface area contributed by atoms with Crippen LogP contribution in [0, 0.1) is 0 Å². The minimum absolute atomic E-state index is 0.113. The average Bonchev–Trinajstić information content (AvgIpc) is 2.41. The molecule has 0 fully saturated rings. The lowest BCUT2D eigenvalue weighted by Gasteiger charge is -2.23. The van der Waals surface area contributed by atoms with Gasteiger partial charge in [0.15, 0.2) is 0 Å². The molecule has 0 heterocycles. The van der Waals surface area contributed by atoms with Crippen LogP contribution >= 0.6 is 25.3 Å². The highest BCUT2D eigenvalue weighted by Crippen LogP contribution is 2.36. The molecule has 0 amide bonds. The largest absolute Gasteiger partial charge is 0.478 e. The van der Waals surface area contributed by atoms with Crippen LogP contribution in [0.2, 0.25) is 0 Å². The first kappa shape index (κ1) is 15.5. The van der Waals surface area contributed by atoms with Crippen molar-refractivity contribution in [3.8, 4) is 0 Å². The van der Waals surface area contributed by atoms with Crippen LogP contribution < -0.4 is 0 Å². The molecule has 1 aromatic rings. The van der Waals surface area contributed by atoms with Crippen LogP contribution in [0.15, 0.2) is 53.0 Å². The first-order chi connectivity index (χ1) is 9.82. The Bertz CT molecular complexity index is 716. The van der Waals surface area contributed by atoms with Crippen molar-refractivity contribution in [2.24, 2.45) is 0 Å². The maximum Gasteiger partial charge on any atom is 0.335 e. The number of hydrogen-bond acceptors (Lipinski definition) is 4.